The van der Waals surface area contributed by atoms with Gasteiger partial charge in [-0.05, 0) is 31.7 Å². The Labute approximate surface area is 165 Å². The van der Waals surface area contributed by atoms with Gasteiger partial charge in [-0.25, -0.2) is 9.59 Å². The summed E-state index contributed by atoms with van der Waals surface area (Å²) in [5.74, 6) is -0.577. The van der Waals surface area contributed by atoms with E-state index in [2.05, 4.69) is 0 Å². The van der Waals surface area contributed by atoms with E-state index in [1.807, 2.05) is 0 Å². The maximum Gasteiger partial charge on any atom is 0.420 e. The van der Waals surface area contributed by atoms with Gasteiger partial charge in [0.25, 0.3) is 0 Å². The topological polar surface area (TPSA) is 137 Å². The molecule has 1 aromatic carbocycles. The van der Waals surface area contributed by atoms with Crippen LogP contribution in [0.15, 0.2) is 21.3 Å². The van der Waals surface area contributed by atoms with E-state index in [1.165, 1.54) is 19.1 Å². The number of carbonyl (C=O) groups excluding carboxylic acids is 1. The Morgan fingerprint density at radius 1 is 1.43 bits per heavy atom. The van der Waals surface area contributed by atoms with E-state index in [0.717, 1.165) is 17.4 Å². The molecule has 0 spiro atoms. The molecule has 1 heterocycles. The molecule has 1 atom stereocenters. The van der Waals surface area contributed by atoms with Crippen molar-refractivity contribution in [1.82, 2.24) is 4.57 Å². The van der Waals surface area contributed by atoms with E-state index < -0.39 is 43.1 Å². The molecule has 1 unspecified atom stereocenters. The fraction of sp³-hybridized carbons (Fsp3) is 0.556. The molecule has 1 saturated carbocycles. The SMILES string of the molecule is CC(C(=O)OCC(N)(CO)CO)n1c(=O)oc2cc(OCC3CC3)c(Cl)cc21. The highest BCUT2D eigenvalue weighted by atomic mass is 35.5. The minimum absolute atomic E-state index is 0.235. The zero-order chi connectivity index (χ0) is 20.5. The number of carbonyl (C=O) groups is 1. The molecule has 2 aromatic rings. The summed E-state index contributed by atoms with van der Waals surface area (Å²) in [4.78, 5) is 24.6. The highest BCUT2D eigenvalue weighted by Gasteiger charge is 2.29. The highest BCUT2D eigenvalue weighted by Crippen LogP contribution is 2.34. The summed E-state index contributed by atoms with van der Waals surface area (Å²) in [5, 5.41) is 18.6. The van der Waals surface area contributed by atoms with Crippen molar-refractivity contribution < 1.29 is 28.9 Å². The quantitative estimate of drug-likeness (QED) is 0.513. The first-order chi connectivity index (χ1) is 13.3. The third-order valence-electron chi connectivity index (χ3n) is 4.70. The average molecular weight is 415 g/mol. The van der Waals surface area contributed by atoms with Gasteiger partial charge in [0.2, 0.25) is 0 Å². The first-order valence-electron chi connectivity index (χ1n) is 8.92. The number of aromatic nitrogens is 1. The molecule has 4 N–H and O–H groups in total. The van der Waals surface area contributed by atoms with Gasteiger partial charge in [0.05, 0.1) is 35.9 Å². The largest absolute Gasteiger partial charge is 0.492 e. The van der Waals surface area contributed by atoms with Crippen LogP contribution in [-0.4, -0.2) is 52.7 Å². The summed E-state index contributed by atoms with van der Waals surface area (Å²) in [6.45, 7) is 0.460. The molecule has 1 aliphatic rings. The second kappa shape index (κ2) is 8.12. The van der Waals surface area contributed by atoms with Gasteiger partial charge >= 0.3 is 11.7 Å². The summed E-state index contributed by atoms with van der Waals surface area (Å²) < 4.78 is 17.1. The highest BCUT2D eigenvalue weighted by molar-refractivity contribution is 6.32. The molecule has 1 aliphatic carbocycles. The Bertz CT molecular complexity index is 915. The van der Waals surface area contributed by atoms with Gasteiger partial charge in [-0.1, -0.05) is 11.6 Å². The number of oxazole rings is 1. The summed E-state index contributed by atoms with van der Waals surface area (Å²) in [5.41, 5.74) is 4.77. The number of esters is 1. The Kier molecular flexibility index (Phi) is 5.99. The molecule has 28 heavy (non-hydrogen) atoms. The second-order valence-electron chi connectivity index (χ2n) is 7.20. The van der Waals surface area contributed by atoms with Crippen molar-refractivity contribution in [3.05, 3.63) is 27.7 Å². The predicted molar refractivity (Wildman–Crippen MR) is 100 cm³/mol. The van der Waals surface area contributed by atoms with Crippen LogP contribution in [0.5, 0.6) is 5.75 Å². The molecular formula is C18H23ClN2O7. The fourth-order valence-corrected chi connectivity index (χ4v) is 2.80. The van der Waals surface area contributed by atoms with E-state index in [-0.39, 0.29) is 5.58 Å². The van der Waals surface area contributed by atoms with Gasteiger partial charge in [-0.3, -0.25) is 4.57 Å². The molecule has 1 aromatic heterocycles. The molecule has 9 nitrogen and oxygen atoms in total. The molecule has 154 valence electrons. The fourth-order valence-electron chi connectivity index (χ4n) is 2.59. The van der Waals surface area contributed by atoms with Gasteiger partial charge < -0.3 is 29.8 Å². The second-order valence-corrected chi connectivity index (χ2v) is 7.61. The third-order valence-corrected chi connectivity index (χ3v) is 4.99. The van der Waals surface area contributed by atoms with Crippen LogP contribution in [-0.2, 0) is 9.53 Å². The van der Waals surface area contributed by atoms with Crippen LogP contribution in [0.2, 0.25) is 5.02 Å². The van der Waals surface area contributed by atoms with E-state index in [9.17, 15) is 19.8 Å². The number of rotatable bonds is 9. The van der Waals surface area contributed by atoms with Gasteiger partial charge in [0, 0.05) is 6.07 Å². The van der Waals surface area contributed by atoms with Crippen LogP contribution in [0, 0.1) is 5.92 Å². The van der Waals surface area contributed by atoms with Crippen LogP contribution in [0.4, 0.5) is 0 Å². The van der Waals surface area contributed by atoms with E-state index in [1.54, 1.807) is 0 Å². The molecular weight excluding hydrogens is 392 g/mol. The Balaban J connectivity index is 1.81. The number of hydrogen-bond acceptors (Lipinski definition) is 8. The Morgan fingerprint density at radius 2 is 2.11 bits per heavy atom. The van der Waals surface area contributed by atoms with Crippen molar-refractivity contribution >= 4 is 28.7 Å². The Hall–Kier alpha value is -2.07. The molecule has 3 rings (SSSR count). The molecule has 0 amide bonds. The standard InChI is InChI=1S/C18H23ClN2O7/c1-10(16(24)27-9-18(20,7-22)8-23)21-13-4-12(19)14(26-6-11-2-3-11)5-15(13)28-17(21)25/h4-5,10-11,22-23H,2-3,6-9,20H2,1H3. The zero-order valence-corrected chi connectivity index (χ0v) is 16.1. The lowest BCUT2D eigenvalue weighted by molar-refractivity contribution is -0.150. The number of ether oxygens (including phenoxy) is 2. The molecule has 0 aliphatic heterocycles. The number of fused-ring (bicyclic) bond motifs is 1. The maximum atomic E-state index is 12.4. The number of benzene rings is 1. The van der Waals surface area contributed by atoms with Crippen molar-refractivity contribution in [2.45, 2.75) is 31.3 Å². The van der Waals surface area contributed by atoms with E-state index >= 15 is 0 Å². The van der Waals surface area contributed by atoms with Crippen LogP contribution >= 0.6 is 11.6 Å². The number of hydrogen-bond donors (Lipinski definition) is 3. The Morgan fingerprint density at radius 3 is 2.71 bits per heavy atom. The van der Waals surface area contributed by atoms with Crippen LogP contribution in [0.1, 0.15) is 25.8 Å². The zero-order valence-electron chi connectivity index (χ0n) is 15.4. The van der Waals surface area contributed by atoms with Gasteiger partial charge in [0.1, 0.15) is 18.4 Å². The van der Waals surface area contributed by atoms with E-state index in [4.69, 9.17) is 31.2 Å². The molecule has 1 fully saturated rings. The summed E-state index contributed by atoms with van der Waals surface area (Å²) >= 11 is 6.26. The lowest BCUT2D eigenvalue weighted by Crippen LogP contribution is -2.52. The number of halogens is 1. The predicted octanol–water partition coefficient (Wildman–Crippen LogP) is 0.823. The molecule has 0 radical (unpaired) electrons. The maximum absolute atomic E-state index is 12.4. The number of nitrogens with two attached hydrogens (primary N) is 1. The third kappa shape index (κ3) is 4.33. The monoisotopic (exact) mass is 414 g/mol. The van der Waals surface area contributed by atoms with Crippen molar-refractivity contribution in [2.24, 2.45) is 11.7 Å². The summed E-state index contributed by atoms with van der Waals surface area (Å²) in [6.07, 6.45) is 2.25. The van der Waals surface area contributed by atoms with Crippen molar-refractivity contribution in [3.8, 4) is 5.75 Å². The molecule has 0 bridgehead atoms. The number of aliphatic hydroxyl groups is 2. The number of aliphatic hydroxyl groups excluding tert-OH is 2. The summed E-state index contributed by atoms with van der Waals surface area (Å²) in [7, 11) is 0. The smallest absolute Gasteiger partial charge is 0.420 e. The van der Waals surface area contributed by atoms with Crippen molar-refractivity contribution in [1.29, 1.82) is 0 Å². The van der Waals surface area contributed by atoms with Crippen LogP contribution in [0.25, 0.3) is 11.1 Å². The van der Waals surface area contributed by atoms with Crippen LogP contribution < -0.4 is 16.2 Å². The van der Waals surface area contributed by atoms with Crippen molar-refractivity contribution in [3.63, 3.8) is 0 Å². The molecule has 0 saturated heterocycles. The van der Waals surface area contributed by atoms with Gasteiger partial charge in [-0.2, -0.15) is 0 Å². The lowest BCUT2D eigenvalue weighted by Gasteiger charge is -2.24. The first-order valence-corrected chi connectivity index (χ1v) is 9.30. The van der Waals surface area contributed by atoms with Crippen molar-refractivity contribution in [2.75, 3.05) is 26.4 Å². The van der Waals surface area contributed by atoms with Crippen LogP contribution in [0.3, 0.4) is 0 Å². The van der Waals surface area contributed by atoms with Gasteiger partial charge in [-0.15, -0.1) is 0 Å². The average Bonchev–Trinajstić information content (AvgIpc) is 3.45. The minimum atomic E-state index is -1.46. The molecule has 10 heteroatoms. The summed E-state index contributed by atoms with van der Waals surface area (Å²) in [6, 6.07) is 1.99. The lowest BCUT2D eigenvalue weighted by atomic mass is 10.1. The van der Waals surface area contributed by atoms with Gasteiger partial charge in [0.15, 0.2) is 5.58 Å². The first kappa shape index (κ1) is 20.7. The number of nitrogens with zero attached hydrogens (tertiary/aromatic N) is 1. The minimum Gasteiger partial charge on any atom is -0.492 e. The van der Waals surface area contributed by atoms with E-state index in [0.29, 0.717) is 28.8 Å². The normalized spacial score (nSPS) is 15.6.